The first-order valence-electron chi connectivity index (χ1n) is 9.07. The first-order valence-corrected chi connectivity index (χ1v) is 10.6. The Morgan fingerprint density at radius 1 is 1.07 bits per heavy atom. The van der Waals surface area contributed by atoms with Crippen molar-refractivity contribution in [1.29, 1.82) is 0 Å². The number of ketones is 1. The highest BCUT2D eigenvalue weighted by atomic mass is 32.2. The smallest absolute Gasteiger partial charge is 0.302 e. The maximum absolute atomic E-state index is 13.3. The molecule has 1 heterocycles. The average molecular weight is 413 g/mol. The van der Waals surface area contributed by atoms with Crippen molar-refractivity contribution in [1.82, 2.24) is 4.72 Å². The molecule has 0 saturated carbocycles. The molecule has 0 aromatic heterocycles. The van der Waals surface area contributed by atoms with E-state index in [0.29, 0.717) is 11.1 Å². The standard InChI is InChI=1S/C21H19NO6S/c1-13(23)27-12-14-10-11-19(24)21(28-14)22-29(25,26)20-17-8-4-2-6-15(17)16-7-3-5-9-18(16)20/h2-11,14,20-22H,12H2,1H3/t14-,21-/m0/s1. The van der Waals surface area contributed by atoms with Gasteiger partial charge in [0.2, 0.25) is 10.0 Å². The lowest BCUT2D eigenvalue weighted by Gasteiger charge is -2.26. The van der Waals surface area contributed by atoms with Crippen LogP contribution in [0.5, 0.6) is 0 Å². The molecule has 4 rings (SSSR count). The zero-order chi connectivity index (χ0) is 20.6. The molecule has 0 radical (unpaired) electrons. The molecule has 0 saturated heterocycles. The van der Waals surface area contributed by atoms with Crippen molar-refractivity contribution >= 4 is 21.8 Å². The number of sulfonamides is 1. The van der Waals surface area contributed by atoms with Crippen LogP contribution < -0.4 is 4.72 Å². The van der Waals surface area contributed by atoms with E-state index in [1.54, 1.807) is 24.3 Å². The maximum Gasteiger partial charge on any atom is 0.302 e. The van der Waals surface area contributed by atoms with Crippen molar-refractivity contribution in [2.75, 3.05) is 6.61 Å². The predicted octanol–water partition coefficient (Wildman–Crippen LogP) is 2.09. The fourth-order valence-electron chi connectivity index (χ4n) is 3.62. The number of carbonyl (C=O) groups is 2. The zero-order valence-corrected chi connectivity index (χ0v) is 16.4. The van der Waals surface area contributed by atoms with Crippen LogP contribution >= 0.6 is 0 Å². The number of rotatable bonds is 5. The van der Waals surface area contributed by atoms with Gasteiger partial charge < -0.3 is 9.47 Å². The van der Waals surface area contributed by atoms with Crippen molar-refractivity contribution in [3.8, 4) is 11.1 Å². The van der Waals surface area contributed by atoms with Gasteiger partial charge in [0.05, 0.1) is 0 Å². The lowest BCUT2D eigenvalue weighted by Crippen LogP contribution is -2.48. The molecule has 0 fully saturated rings. The number of esters is 1. The molecule has 2 aromatic carbocycles. The highest BCUT2D eigenvalue weighted by Gasteiger charge is 2.40. The quantitative estimate of drug-likeness (QED) is 0.754. The summed E-state index contributed by atoms with van der Waals surface area (Å²) in [5.41, 5.74) is 3.00. The van der Waals surface area contributed by atoms with Gasteiger partial charge in [0.15, 0.2) is 12.0 Å². The van der Waals surface area contributed by atoms with Crippen LogP contribution in [0, 0.1) is 0 Å². The largest absolute Gasteiger partial charge is 0.463 e. The number of fused-ring (bicyclic) bond motifs is 3. The summed E-state index contributed by atoms with van der Waals surface area (Å²) in [5, 5.41) is -0.955. The third-order valence-corrected chi connectivity index (χ3v) is 6.52. The van der Waals surface area contributed by atoms with Crippen LogP contribution in [0.15, 0.2) is 60.7 Å². The van der Waals surface area contributed by atoms with Gasteiger partial charge in [0.1, 0.15) is 18.0 Å². The summed E-state index contributed by atoms with van der Waals surface area (Å²) in [6.45, 7) is 1.15. The summed E-state index contributed by atoms with van der Waals surface area (Å²) in [6, 6.07) is 14.6. The minimum Gasteiger partial charge on any atom is -0.463 e. The van der Waals surface area contributed by atoms with E-state index in [2.05, 4.69) is 4.72 Å². The first kappa shape index (κ1) is 19.5. The molecule has 0 unspecified atom stereocenters. The Hall–Kier alpha value is -2.81. The first-order chi connectivity index (χ1) is 13.9. The summed E-state index contributed by atoms with van der Waals surface area (Å²) >= 11 is 0. The van der Waals surface area contributed by atoms with Crippen LogP contribution in [-0.4, -0.2) is 39.1 Å². The fourth-order valence-corrected chi connectivity index (χ4v) is 5.30. The van der Waals surface area contributed by atoms with E-state index in [1.807, 2.05) is 24.3 Å². The molecular formula is C21H19NO6S. The Kier molecular flexibility index (Phi) is 5.08. The normalized spacial score (nSPS) is 20.9. The van der Waals surface area contributed by atoms with Crippen molar-refractivity contribution in [2.24, 2.45) is 0 Å². The Balaban J connectivity index is 1.62. The summed E-state index contributed by atoms with van der Waals surface area (Å²) in [7, 11) is -4.01. The van der Waals surface area contributed by atoms with E-state index in [1.165, 1.54) is 19.1 Å². The van der Waals surface area contributed by atoms with Gasteiger partial charge in [-0.05, 0) is 34.4 Å². The van der Waals surface area contributed by atoms with E-state index in [-0.39, 0.29) is 6.61 Å². The second-order valence-corrected chi connectivity index (χ2v) is 8.63. The predicted molar refractivity (Wildman–Crippen MR) is 105 cm³/mol. The summed E-state index contributed by atoms with van der Waals surface area (Å²) < 4.78 is 39.4. The topological polar surface area (TPSA) is 98.8 Å². The van der Waals surface area contributed by atoms with Gasteiger partial charge in [-0.2, -0.15) is 4.72 Å². The molecule has 0 amide bonds. The van der Waals surface area contributed by atoms with Crippen LogP contribution in [-0.2, 0) is 29.1 Å². The lowest BCUT2D eigenvalue weighted by atomic mass is 10.1. The molecule has 29 heavy (non-hydrogen) atoms. The van der Waals surface area contributed by atoms with Crippen molar-refractivity contribution < 1.29 is 27.5 Å². The van der Waals surface area contributed by atoms with E-state index in [9.17, 15) is 18.0 Å². The summed E-state index contributed by atoms with van der Waals surface area (Å²) in [5.74, 6) is -1.01. The Morgan fingerprint density at radius 2 is 1.66 bits per heavy atom. The van der Waals surface area contributed by atoms with Gasteiger partial charge in [-0.15, -0.1) is 0 Å². The van der Waals surface area contributed by atoms with Crippen LogP contribution in [0.1, 0.15) is 23.3 Å². The molecule has 150 valence electrons. The van der Waals surface area contributed by atoms with Gasteiger partial charge in [-0.25, -0.2) is 8.42 Å². The number of benzene rings is 2. The maximum atomic E-state index is 13.3. The summed E-state index contributed by atoms with van der Waals surface area (Å²) in [6.07, 6.45) is 0.579. The SMILES string of the molecule is CC(=O)OC[C@@H]1C=CC(=O)[C@@H](NS(=O)(=O)C2c3ccccc3-c3ccccc32)O1. The van der Waals surface area contributed by atoms with Crippen LogP contribution in [0.4, 0.5) is 0 Å². The molecule has 2 aromatic rings. The molecular weight excluding hydrogens is 394 g/mol. The Labute approximate surface area is 168 Å². The molecule has 0 spiro atoms. The van der Waals surface area contributed by atoms with E-state index < -0.39 is 39.4 Å². The van der Waals surface area contributed by atoms with Crippen molar-refractivity contribution in [3.05, 3.63) is 71.8 Å². The minimum absolute atomic E-state index is 0.105. The zero-order valence-electron chi connectivity index (χ0n) is 15.6. The minimum atomic E-state index is -4.01. The van der Waals surface area contributed by atoms with Crippen LogP contribution in [0.25, 0.3) is 11.1 Å². The Bertz CT molecular complexity index is 1060. The molecule has 0 bridgehead atoms. The molecule has 1 N–H and O–H groups in total. The molecule has 8 heteroatoms. The van der Waals surface area contributed by atoms with Crippen LogP contribution in [0.2, 0.25) is 0 Å². The molecule has 1 aliphatic carbocycles. The van der Waals surface area contributed by atoms with Gasteiger partial charge in [0.25, 0.3) is 0 Å². The van der Waals surface area contributed by atoms with Gasteiger partial charge in [-0.3, -0.25) is 9.59 Å². The Morgan fingerprint density at radius 3 is 2.24 bits per heavy atom. The van der Waals surface area contributed by atoms with Crippen LogP contribution in [0.3, 0.4) is 0 Å². The number of hydrogen-bond donors (Lipinski definition) is 1. The van der Waals surface area contributed by atoms with E-state index >= 15 is 0 Å². The molecule has 7 nitrogen and oxygen atoms in total. The summed E-state index contributed by atoms with van der Waals surface area (Å²) in [4.78, 5) is 23.2. The average Bonchev–Trinajstić information content (AvgIpc) is 3.04. The monoisotopic (exact) mass is 413 g/mol. The van der Waals surface area contributed by atoms with E-state index in [0.717, 1.165) is 11.1 Å². The highest BCUT2D eigenvalue weighted by Crippen LogP contribution is 2.46. The second-order valence-electron chi connectivity index (χ2n) is 6.84. The van der Waals surface area contributed by atoms with E-state index in [4.69, 9.17) is 9.47 Å². The highest BCUT2D eigenvalue weighted by molar-refractivity contribution is 7.90. The van der Waals surface area contributed by atoms with Gasteiger partial charge in [0, 0.05) is 6.92 Å². The number of ether oxygens (including phenoxy) is 2. The third kappa shape index (κ3) is 3.74. The second kappa shape index (κ2) is 7.55. The fraction of sp³-hybridized carbons (Fsp3) is 0.238. The van der Waals surface area contributed by atoms with Crippen molar-refractivity contribution in [3.63, 3.8) is 0 Å². The van der Waals surface area contributed by atoms with Crippen molar-refractivity contribution in [2.45, 2.75) is 24.5 Å². The molecule has 1 aliphatic heterocycles. The van der Waals surface area contributed by atoms with Gasteiger partial charge in [-0.1, -0.05) is 48.5 Å². The molecule has 2 atom stereocenters. The number of hydrogen-bond acceptors (Lipinski definition) is 6. The number of carbonyl (C=O) groups excluding carboxylic acids is 2. The molecule has 2 aliphatic rings. The third-order valence-electron chi connectivity index (χ3n) is 4.85. The lowest BCUT2D eigenvalue weighted by molar-refractivity contribution is -0.147. The van der Waals surface area contributed by atoms with Gasteiger partial charge >= 0.3 is 5.97 Å². The number of nitrogens with one attached hydrogen (secondary N) is 1.